The van der Waals surface area contributed by atoms with Crippen LogP contribution in [0, 0.1) is 0 Å². The van der Waals surface area contributed by atoms with Crippen molar-refractivity contribution in [2.45, 2.75) is 0 Å². The number of hydrogen-bond acceptors (Lipinski definition) is 1. The molecule has 0 radical (unpaired) electrons. The zero-order valence-corrected chi connectivity index (χ0v) is 20.2. The Bertz CT molecular complexity index is 1130. The summed E-state index contributed by atoms with van der Waals surface area (Å²) in [7, 11) is -3.87. The lowest BCUT2D eigenvalue weighted by molar-refractivity contribution is 0.658. The van der Waals surface area contributed by atoms with Crippen LogP contribution in [0.15, 0.2) is 152 Å². The summed E-state index contributed by atoms with van der Waals surface area (Å²) in [6, 6.07) is 53.7. The normalized spacial score (nSPS) is 11.4. The summed E-state index contributed by atoms with van der Waals surface area (Å²) in [5.74, 6) is 0. The number of benzene rings is 5. The molecule has 5 aromatic rings. The molecular weight excluding hydrogens is 435 g/mol. The highest BCUT2D eigenvalue weighted by atomic mass is 31.1. The Morgan fingerprint density at radius 2 is 0.636 bits per heavy atom. The molecule has 160 valence electrons. The summed E-state index contributed by atoms with van der Waals surface area (Å²) in [4.78, 5) is 0. The first-order valence-electron chi connectivity index (χ1n) is 11.1. The van der Waals surface area contributed by atoms with E-state index in [4.69, 9.17) is 4.21 Å². The monoisotopic (exact) mass is 460 g/mol. The van der Waals surface area contributed by atoms with Gasteiger partial charge in [0.1, 0.15) is 0 Å². The minimum Gasteiger partial charge on any atom is -0.374 e. The smallest absolute Gasteiger partial charge is 0.293 e. The van der Waals surface area contributed by atoms with Gasteiger partial charge in [-0.05, 0) is 15.6 Å². The Morgan fingerprint density at radius 1 is 0.364 bits per heavy atom. The van der Waals surface area contributed by atoms with Crippen LogP contribution in [0.3, 0.4) is 0 Å². The van der Waals surface area contributed by atoms with E-state index in [-0.39, 0.29) is 0 Å². The Labute approximate surface area is 198 Å². The minimum absolute atomic E-state index is 1.05. The molecule has 5 rings (SSSR count). The van der Waals surface area contributed by atoms with Crippen molar-refractivity contribution in [1.82, 2.24) is 0 Å². The largest absolute Gasteiger partial charge is 0.374 e. The molecule has 0 bridgehead atoms. The molecule has 0 saturated heterocycles. The third-order valence-corrected chi connectivity index (χ3v) is 12.5. The minimum atomic E-state index is -2.82. The molecule has 5 aromatic carbocycles. The molecule has 0 fully saturated rings. The Hall–Kier alpha value is -3.29. The first-order valence-corrected chi connectivity index (χ1v) is 14.3. The summed E-state index contributed by atoms with van der Waals surface area (Å²) in [5.41, 5.74) is 0. The molecule has 0 N–H and O–H groups in total. The second-order valence-corrected chi connectivity index (χ2v) is 13.3. The summed E-state index contributed by atoms with van der Waals surface area (Å²) in [6.45, 7) is 0. The lowest BCUT2D eigenvalue weighted by Gasteiger charge is -2.36. The maximum atomic E-state index is 7.57. The maximum Gasteiger partial charge on any atom is 0.293 e. The van der Waals surface area contributed by atoms with Gasteiger partial charge in [-0.15, -0.1) is 0 Å². The third kappa shape index (κ3) is 4.47. The average Bonchev–Trinajstić information content (AvgIpc) is 2.92. The van der Waals surface area contributed by atoms with Gasteiger partial charge in [-0.1, -0.05) is 152 Å². The van der Waals surface area contributed by atoms with Crippen LogP contribution in [-0.2, 0) is 4.21 Å². The molecule has 0 unspecified atom stereocenters. The summed E-state index contributed by atoms with van der Waals surface area (Å²) in [6.07, 6.45) is 0. The van der Waals surface area contributed by atoms with Crippen LogP contribution in [-0.4, -0.2) is 8.32 Å². The lowest BCUT2D eigenvalue weighted by Crippen LogP contribution is -2.69. The highest BCUT2D eigenvalue weighted by Gasteiger charge is 2.44. The fourth-order valence-corrected chi connectivity index (χ4v) is 11.6. The molecule has 0 amide bonds. The molecule has 0 aromatic heterocycles. The molecule has 0 heterocycles. The Morgan fingerprint density at radius 3 is 0.939 bits per heavy atom. The highest BCUT2D eigenvalue weighted by Crippen LogP contribution is 2.38. The fourth-order valence-electron chi connectivity index (χ4n) is 4.19. The van der Waals surface area contributed by atoms with Crippen LogP contribution in [0.5, 0.6) is 0 Å². The van der Waals surface area contributed by atoms with E-state index in [0.29, 0.717) is 0 Å². The SMILES string of the molecule is c1ccc(P(O[Si](c2ccccc2)(c2ccccc2)c2ccccc2)c2ccccc2)cc1. The van der Waals surface area contributed by atoms with E-state index in [1.165, 1.54) is 26.2 Å². The molecule has 0 aliphatic heterocycles. The summed E-state index contributed by atoms with van der Waals surface area (Å²) >= 11 is 0. The quantitative estimate of drug-likeness (QED) is 0.194. The van der Waals surface area contributed by atoms with Gasteiger partial charge in [0.2, 0.25) is 0 Å². The zero-order chi connectivity index (χ0) is 22.3. The fraction of sp³-hybridized carbons (Fsp3) is 0. The van der Waals surface area contributed by atoms with Crippen molar-refractivity contribution in [3.63, 3.8) is 0 Å². The molecule has 0 atom stereocenters. The second-order valence-electron chi connectivity index (χ2n) is 7.84. The van der Waals surface area contributed by atoms with Crippen molar-refractivity contribution >= 4 is 42.6 Å². The molecule has 33 heavy (non-hydrogen) atoms. The van der Waals surface area contributed by atoms with E-state index in [1.807, 2.05) is 0 Å². The van der Waals surface area contributed by atoms with Gasteiger partial charge in [-0.25, -0.2) is 0 Å². The zero-order valence-electron chi connectivity index (χ0n) is 18.3. The van der Waals surface area contributed by atoms with Gasteiger partial charge >= 0.3 is 0 Å². The van der Waals surface area contributed by atoms with Gasteiger partial charge < -0.3 is 4.21 Å². The van der Waals surface area contributed by atoms with Gasteiger partial charge in [0.25, 0.3) is 8.32 Å². The average molecular weight is 461 g/mol. The van der Waals surface area contributed by atoms with Crippen LogP contribution < -0.4 is 26.2 Å². The summed E-state index contributed by atoms with van der Waals surface area (Å²) < 4.78 is 7.57. The molecule has 1 nitrogen and oxygen atoms in total. The van der Waals surface area contributed by atoms with Crippen molar-refractivity contribution in [3.05, 3.63) is 152 Å². The van der Waals surface area contributed by atoms with Crippen LogP contribution in [0.25, 0.3) is 0 Å². The van der Waals surface area contributed by atoms with Crippen molar-refractivity contribution in [1.29, 1.82) is 0 Å². The third-order valence-electron chi connectivity index (χ3n) is 5.75. The number of hydrogen-bond donors (Lipinski definition) is 0. The van der Waals surface area contributed by atoms with Crippen molar-refractivity contribution in [2.75, 3.05) is 0 Å². The van der Waals surface area contributed by atoms with E-state index in [0.717, 1.165) is 0 Å². The van der Waals surface area contributed by atoms with Gasteiger partial charge in [0, 0.05) is 10.6 Å². The lowest BCUT2D eigenvalue weighted by atomic mass is 10.3. The summed E-state index contributed by atoms with van der Waals surface area (Å²) in [5, 5.41) is 6.20. The van der Waals surface area contributed by atoms with Crippen LogP contribution in [0.4, 0.5) is 0 Å². The van der Waals surface area contributed by atoms with Gasteiger partial charge in [-0.3, -0.25) is 0 Å². The highest BCUT2D eigenvalue weighted by molar-refractivity contribution is 7.70. The molecule has 0 spiro atoms. The van der Waals surface area contributed by atoms with Crippen LogP contribution >= 0.6 is 8.15 Å². The van der Waals surface area contributed by atoms with E-state index < -0.39 is 16.5 Å². The maximum absolute atomic E-state index is 7.57. The predicted octanol–water partition coefficient (Wildman–Crippen LogP) is 4.72. The Kier molecular flexibility index (Phi) is 6.60. The van der Waals surface area contributed by atoms with Crippen LogP contribution in [0.2, 0.25) is 0 Å². The number of rotatable bonds is 7. The van der Waals surface area contributed by atoms with Gasteiger partial charge in [0.15, 0.2) is 0 Å². The van der Waals surface area contributed by atoms with E-state index in [2.05, 4.69) is 152 Å². The topological polar surface area (TPSA) is 9.23 Å². The molecule has 0 aliphatic carbocycles. The van der Waals surface area contributed by atoms with Crippen molar-refractivity contribution < 1.29 is 4.21 Å². The van der Waals surface area contributed by atoms with Crippen LogP contribution in [0.1, 0.15) is 0 Å². The first-order chi connectivity index (χ1) is 16.4. The first kappa shape index (κ1) is 21.5. The molecule has 0 aliphatic rings. The standard InChI is InChI=1S/C30H25OPSi/c1-6-16-26(17-7-1)32(27-18-8-2-9-19-27)31-33(28-20-10-3-11-21-28,29-22-12-4-13-23-29)30-24-14-5-15-25-30/h1-25H. The van der Waals surface area contributed by atoms with Crippen molar-refractivity contribution in [3.8, 4) is 0 Å². The Balaban J connectivity index is 1.78. The molecule has 0 saturated carbocycles. The van der Waals surface area contributed by atoms with Gasteiger partial charge in [-0.2, -0.15) is 0 Å². The molecular formula is C30H25OPSi. The molecule has 3 heteroatoms. The van der Waals surface area contributed by atoms with Crippen molar-refractivity contribution in [2.24, 2.45) is 0 Å². The van der Waals surface area contributed by atoms with E-state index in [1.54, 1.807) is 0 Å². The van der Waals surface area contributed by atoms with Gasteiger partial charge in [0.05, 0.1) is 8.15 Å². The van der Waals surface area contributed by atoms with E-state index >= 15 is 0 Å². The predicted molar refractivity (Wildman–Crippen MR) is 144 cm³/mol. The van der Waals surface area contributed by atoms with E-state index in [9.17, 15) is 0 Å². The second kappa shape index (κ2) is 10.1.